The lowest BCUT2D eigenvalue weighted by Gasteiger charge is -2.20. The van der Waals surface area contributed by atoms with Gasteiger partial charge in [-0.1, -0.05) is 218 Å². The van der Waals surface area contributed by atoms with Gasteiger partial charge < -0.3 is 18.6 Å². The van der Waals surface area contributed by atoms with Gasteiger partial charge in [0.2, 0.25) is 14.2 Å². The molecule has 0 amide bonds. The van der Waals surface area contributed by atoms with Gasteiger partial charge in [0.25, 0.3) is 0 Å². The topological polar surface area (TPSA) is 93.1 Å². The maximum atomic E-state index is 11.9. The first kappa shape index (κ1) is 46.2. The Kier molecular flexibility index (Phi) is 21.0. The van der Waals surface area contributed by atoms with Crippen LogP contribution >= 0.6 is 46.4 Å². The maximum Gasteiger partial charge on any atom is 0.307 e. The number of carbonyl (C=O) groups is 2. The fraction of sp³-hybridized carbons (Fsp3) is 0.240. The molecule has 0 aliphatic heterocycles. The molecule has 0 spiro atoms. The fourth-order valence-corrected chi connectivity index (χ4v) is 7.55. The van der Waals surface area contributed by atoms with Crippen molar-refractivity contribution >= 4 is 72.5 Å². The number of halogens is 1. The minimum absolute atomic E-state index is 0.0293. The van der Waals surface area contributed by atoms with Crippen LogP contribution in [-0.2, 0) is 54.9 Å². The third kappa shape index (κ3) is 17.6. The van der Waals surface area contributed by atoms with Gasteiger partial charge >= 0.3 is 11.9 Å². The van der Waals surface area contributed by atoms with E-state index in [-0.39, 0.29) is 11.8 Å². The highest BCUT2D eigenvalue weighted by molar-refractivity contribution is 14.1. The molecular weight excluding hydrogens is 909 g/mol. The monoisotopic (exact) mass is 966 g/mol. The van der Waals surface area contributed by atoms with E-state index in [0.717, 1.165) is 80.7 Å². The normalized spacial score (nSPS) is 12.4. The van der Waals surface area contributed by atoms with Crippen LogP contribution in [0.3, 0.4) is 0 Å². The third-order valence-corrected chi connectivity index (χ3v) is 11.6. The van der Waals surface area contributed by atoms with E-state index in [9.17, 15) is 14.7 Å². The van der Waals surface area contributed by atoms with E-state index >= 15 is 0 Å². The zero-order valence-electron chi connectivity index (χ0n) is 36.6. The lowest BCUT2D eigenvalue weighted by molar-refractivity contribution is -0.143. The molecule has 0 aliphatic rings. The first-order chi connectivity index (χ1) is 30.6. The lowest BCUT2D eigenvalue weighted by atomic mass is 9.84. The van der Waals surface area contributed by atoms with E-state index in [0.29, 0.717) is 32.5 Å². The second kappa shape index (κ2) is 27.6. The van der Waals surface area contributed by atoms with Crippen molar-refractivity contribution in [2.75, 3.05) is 0 Å². The number of alkyl halides is 1. The Morgan fingerprint density at radius 3 is 1.30 bits per heavy atom. The zero-order chi connectivity index (χ0) is 45.2. The summed E-state index contributed by atoms with van der Waals surface area (Å²) >= 11 is 4.44. The van der Waals surface area contributed by atoms with Crippen molar-refractivity contribution in [1.82, 2.24) is 0 Å². The van der Waals surface area contributed by atoms with Gasteiger partial charge in [-0.25, -0.2) is 0 Å². The summed E-state index contributed by atoms with van der Waals surface area (Å²) in [5.41, 5.74) is 11.5. The van der Waals surface area contributed by atoms with Crippen LogP contribution in [0.5, 0.6) is 0 Å². The van der Waals surface area contributed by atoms with Crippen LogP contribution < -0.4 is 0 Å². The number of benzene rings is 6. The Balaban J connectivity index is 0.000000230. The number of carboxylic acid groups (broad SMARTS) is 2. The van der Waals surface area contributed by atoms with Crippen LogP contribution in [0.4, 0.5) is 0 Å². The average Bonchev–Trinajstić information content (AvgIpc) is 3.32. The molecule has 0 aromatic heterocycles. The average molecular weight is 967 g/mol. The SMILES string of the molecule is CC[C@H](Cc1ccccc1)C(=O)O.[3H][B]SOCc1ccc(-c2ccc(CI)cc2)cc1.[3H][B]SOCc1ccc(-c2ccc(C[C@H](C)[C@H](Cc3ccccc3)C(=O)O)cc2)cc1. The second-order valence-electron chi connectivity index (χ2n) is 14.6. The molecule has 6 aromatic rings. The van der Waals surface area contributed by atoms with Gasteiger partial charge in [0.15, 0.2) is 0 Å². The van der Waals surface area contributed by atoms with Crippen molar-refractivity contribution in [2.45, 2.75) is 57.2 Å². The summed E-state index contributed by atoms with van der Waals surface area (Å²) in [5, 5.41) is 18.6. The number of rotatable bonds is 21. The van der Waals surface area contributed by atoms with E-state index in [4.69, 9.17) is 16.1 Å². The van der Waals surface area contributed by atoms with Crippen LogP contribution in [0.15, 0.2) is 158 Å². The maximum absolute atomic E-state index is 11.9. The first-order valence-corrected chi connectivity index (χ1v) is 23.2. The van der Waals surface area contributed by atoms with E-state index in [1.807, 2.05) is 86.6 Å². The van der Waals surface area contributed by atoms with Crippen molar-refractivity contribution in [3.63, 3.8) is 0 Å². The highest BCUT2D eigenvalue weighted by atomic mass is 127. The van der Waals surface area contributed by atoms with Crippen LogP contribution in [0.2, 0.25) is 0 Å². The molecule has 2 radical (unpaired) electrons. The van der Waals surface area contributed by atoms with Crippen molar-refractivity contribution < 1.29 is 28.2 Å². The first-order valence-electron chi connectivity index (χ1n) is 21.2. The standard InChI is InChI=1S/C25H26BO3S.C14H13BIOS.C11H14O2/c1-18(24(25(27)28)16-19-5-3-2-4-6-19)15-20-7-11-22(12-8-20)23-13-9-21(10-14-23)17-29-30-26;15-18-17-10-12-3-7-14(8-4-12)13-5-1-11(9-16)2-6-13;1-2-10(11(12)13)8-9-6-4-3-5-7-9/h2-14,18,24,26H,15-17H2,1H3,(H,27,28);1-8,15H,9-10H2;3-7,10H,2,8H2,1H3,(H,12,13)/t18-,24-;;10-/m0.1/s1/i26T;15T;. The molecule has 0 aliphatic carbocycles. The predicted octanol–water partition coefficient (Wildman–Crippen LogP) is 12.1. The molecule has 6 aromatic carbocycles. The molecule has 0 bridgehead atoms. The molecule has 0 heterocycles. The molecule has 11 heteroatoms. The molecule has 0 saturated heterocycles. The summed E-state index contributed by atoms with van der Waals surface area (Å²) in [7, 11) is 2.35. The summed E-state index contributed by atoms with van der Waals surface area (Å²) in [5.74, 6) is -2.07. The Hall–Kier alpha value is -4.26. The lowest BCUT2D eigenvalue weighted by Crippen LogP contribution is -2.25. The van der Waals surface area contributed by atoms with E-state index in [1.54, 1.807) is 0 Å². The van der Waals surface area contributed by atoms with Crippen LogP contribution in [0.1, 0.15) is 53.6 Å². The van der Waals surface area contributed by atoms with Crippen LogP contribution in [0, 0.1) is 17.8 Å². The molecule has 0 unspecified atom stereocenters. The highest BCUT2D eigenvalue weighted by Gasteiger charge is 2.25. The summed E-state index contributed by atoms with van der Waals surface area (Å²) in [4.78, 5) is 22.6. The molecule has 0 saturated carbocycles. The van der Waals surface area contributed by atoms with Crippen LogP contribution in [-0.4, -0.2) is 39.0 Å². The Morgan fingerprint density at radius 2 is 0.934 bits per heavy atom. The van der Waals surface area contributed by atoms with Gasteiger partial charge in [0.05, 0.1) is 25.0 Å². The van der Waals surface area contributed by atoms with Crippen molar-refractivity contribution in [2.24, 2.45) is 17.8 Å². The molecular formula is C50H53B2IO6S2. The number of carboxylic acids is 2. The minimum atomic E-state index is -0.740. The molecule has 314 valence electrons. The van der Waals surface area contributed by atoms with E-state index in [1.165, 1.54) is 23.8 Å². The van der Waals surface area contributed by atoms with Gasteiger partial charge in [0.1, 0.15) is 0 Å². The Bertz CT molecular complexity index is 2190. The van der Waals surface area contributed by atoms with Gasteiger partial charge in [0, 0.05) is 4.43 Å². The molecule has 0 fully saturated rings. The predicted molar refractivity (Wildman–Crippen MR) is 266 cm³/mol. The summed E-state index contributed by atoms with van der Waals surface area (Å²) < 4.78 is 25.3. The molecule has 6 rings (SSSR count). The number of aliphatic carboxylic acids is 2. The number of hydrogen-bond donors (Lipinski definition) is 2. The van der Waals surface area contributed by atoms with Crippen molar-refractivity contribution in [3.8, 4) is 22.3 Å². The fourth-order valence-electron chi connectivity index (χ4n) is 6.63. The van der Waals surface area contributed by atoms with E-state index < -0.39 is 17.9 Å². The molecule has 2 N–H and O–H groups in total. The summed E-state index contributed by atoms with van der Waals surface area (Å²) in [6.45, 7) is 4.91. The smallest absolute Gasteiger partial charge is 0.307 e. The zero-order valence-corrected chi connectivity index (χ0v) is 38.4. The second-order valence-corrected chi connectivity index (χ2v) is 16.2. The van der Waals surface area contributed by atoms with Gasteiger partial charge in [-0.2, -0.15) is 0 Å². The Morgan fingerprint density at radius 1 is 0.557 bits per heavy atom. The van der Waals surface area contributed by atoms with Crippen molar-refractivity contribution in [1.29, 1.82) is 2.67 Å². The molecule has 6 nitrogen and oxygen atoms in total. The summed E-state index contributed by atoms with van der Waals surface area (Å²) in [6.07, 6.45) is 2.59. The molecule has 3 atom stereocenters. The van der Waals surface area contributed by atoms with Crippen molar-refractivity contribution in [3.05, 3.63) is 191 Å². The summed E-state index contributed by atoms with van der Waals surface area (Å²) in [6, 6.07) is 53.1. The van der Waals surface area contributed by atoms with Gasteiger partial charge in [-0.15, -0.1) is 0 Å². The third-order valence-electron chi connectivity index (χ3n) is 10.3. The minimum Gasteiger partial charge on any atom is -0.481 e. The van der Waals surface area contributed by atoms with E-state index in [2.05, 4.69) is 108 Å². The van der Waals surface area contributed by atoms with Crippen LogP contribution in [0.25, 0.3) is 22.3 Å². The Labute approximate surface area is 389 Å². The largest absolute Gasteiger partial charge is 0.481 e. The highest BCUT2D eigenvalue weighted by Crippen LogP contribution is 2.26. The van der Waals surface area contributed by atoms with Gasteiger partial charge in [-0.05, 0) is 89.9 Å². The quantitative estimate of drug-likeness (QED) is 0.0242. The van der Waals surface area contributed by atoms with Gasteiger partial charge in [-0.3, -0.25) is 9.59 Å². The number of hydrogen-bond acceptors (Lipinski definition) is 6. The molecule has 61 heavy (non-hydrogen) atoms.